The molecule has 1 amide bonds. The quantitative estimate of drug-likeness (QED) is 0.789. The number of hydrogen-bond donors (Lipinski definition) is 2. The molecule has 1 atom stereocenters. The summed E-state index contributed by atoms with van der Waals surface area (Å²) in [4.78, 5) is 10.8. The van der Waals surface area contributed by atoms with E-state index in [-0.39, 0.29) is 23.1 Å². The first kappa shape index (κ1) is 14.0. The van der Waals surface area contributed by atoms with E-state index < -0.39 is 21.6 Å². The van der Waals surface area contributed by atoms with Crippen molar-refractivity contribution in [3.8, 4) is 0 Å². The summed E-state index contributed by atoms with van der Waals surface area (Å²) in [5, 5.41) is 3.04. The summed E-state index contributed by atoms with van der Waals surface area (Å²) < 4.78 is 37.0. The van der Waals surface area contributed by atoms with Gasteiger partial charge in [-0.2, -0.15) is 0 Å². The second-order valence-electron chi connectivity index (χ2n) is 4.51. The van der Waals surface area contributed by atoms with Crippen molar-refractivity contribution < 1.29 is 17.6 Å². The Bertz CT molecular complexity index is 601. The number of carbonyl (C=O) groups excluding carboxylic acids is 1. The molecule has 19 heavy (non-hydrogen) atoms. The SMILES string of the molecule is NC(=O)CCNC1CCS(=O)(=O)c2ccc(F)cc21. The summed E-state index contributed by atoms with van der Waals surface area (Å²) in [6.45, 7) is 0.343. The Hall–Kier alpha value is -1.47. The van der Waals surface area contributed by atoms with Crippen LogP contribution in [-0.2, 0) is 14.6 Å². The fourth-order valence-corrected chi connectivity index (χ4v) is 3.80. The second-order valence-corrected chi connectivity index (χ2v) is 6.59. The highest BCUT2D eigenvalue weighted by molar-refractivity contribution is 7.91. The number of rotatable bonds is 4. The van der Waals surface area contributed by atoms with Crippen LogP contribution in [0.5, 0.6) is 0 Å². The predicted molar refractivity (Wildman–Crippen MR) is 67.6 cm³/mol. The van der Waals surface area contributed by atoms with Crippen molar-refractivity contribution in [2.75, 3.05) is 12.3 Å². The molecule has 0 bridgehead atoms. The number of hydrogen-bond acceptors (Lipinski definition) is 4. The normalized spacial score (nSPS) is 20.8. The van der Waals surface area contributed by atoms with E-state index in [9.17, 15) is 17.6 Å². The molecule has 0 aromatic heterocycles. The molecule has 104 valence electrons. The number of carbonyl (C=O) groups is 1. The number of primary amides is 1. The minimum Gasteiger partial charge on any atom is -0.370 e. The van der Waals surface area contributed by atoms with Crippen LogP contribution < -0.4 is 11.1 Å². The van der Waals surface area contributed by atoms with Gasteiger partial charge in [0.25, 0.3) is 0 Å². The van der Waals surface area contributed by atoms with Gasteiger partial charge in [0, 0.05) is 19.0 Å². The molecule has 0 aliphatic carbocycles. The predicted octanol–water partition coefficient (Wildman–Crippen LogP) is 0.509. The molecule has 0 spiro atoms. The molecule has 0 fully saturated rings. The van der Waals surface area contributed by atoms with E-state index in [1.807, 2.05) is 0 Å². The number of halogens is 1. The van der Waals surface area contributed by atoms with Crippen LogP contribution in [0.15, 0.2) is 23.1 Å². The third-order valence-corrected chi connectivity index (χ3v) is 4.93. The Kier molecular flexibility index (Phi) is 3.86. The van der Waals surface area contributed by atoms with Crippen LogP contribution >= 0.6 is 0 Å². The lowest BCUT2D eigenvalue weighted by Gasteiger charge is -2.26. The molecule has 1 aromatic rings. The maximum Gasteiger partial charge on any atom is 0.218 e. The van der Waals surface area contributed by atoms with E-state index in [0.29, 0.717) is 18.5 Å². The summed E-state index contributed by atoms with van der Waals surface area (Å²) in [7, 11) is -3.33. The van der Waals surface area contributed by atoms with Crippen LogP contribution in [0.4, 0.5) is 4.39 Å². The summed E-state index contributed by atoms with van der Waals surface area (Å²) in [6, 6.07) is 3.39. The number of benzene rings is 1. The van der Waals surface area contributed by atoms with E-state index in [1.165, 1.54) is 12.1 Å². The van der Waals surface area contributed by atoms with Gasteiger partial charge < -0.3 is 11.1 Å². The Balaban J connectivity index is 2.25. The largest absolute Gasteiger partial charge is 0.370 e. The average Bonchev–Trinajstić information content (AvgIpc) is 2.31. The van der Waals surface area contributed by atoms with Gasteiger partial charge in [-0.05, 0) is 30.2 Å². The van der Waals surface area contributed by atoms with Crippen molar-refractivity contribution in [3.05, 3.63) is 29.6 Å². The summed E-state index contributed by atoms with van der Waals surface area (Å²) >= 11 is 0. The van der Waals surface area contributed by atoms with Crippen LogP contribution in [0.25, 0.3) is 0 Å². The lowest BCUT2D eigenvalue weighted by Crippen LogP contribution is -2.32. The molecule has 1 aliphatic heterocycles. The van der Waals surface area contributed by atoms with Crippen molar-refractivity contribution in [2.45, 2.75) is 23.8 Å². The van der Waals surface area contributed by atoms with Crippen molar-refractivity contribution in [1.29, 1.82) is 0 Å². The second kappa shape index (κ2) is 5.26. The lowest BCUT2D eigenvalue weighted by atomic mass is 10.0. The first-order chi connectivity index (χ1) is 8.90. The molecule has 5 nitrogen and oxygen atoms in total. The van der Waals surface area contributed by atoms with Crippen LogP contribution in [0.1, 0.15) is 24.4 Å². The topological polar surface area (TPSA) is 89.3 Å². The first-order valence-corrected chi connectivity index (χ1v) is 7.59. The summed E-state index contributed by atoms with van der Waals surface area (Å²) in [5.74, 6) is -0.896. The van der Waals surface area contributed by atoms with E-state index in [1.54, 1.807) is 0 Å². The van der Waals surface area contributed by atoms with Crippen molar-refractivity contribution in [3.63, 3.8) is 0 Å². The highest BCUT2D eigenvalue weighted by Crippen LogP contribution is 2.32. The van der Waals surface area contributed by atoms with Crippen molar-refractivity contribution in [1.82, 2.24) is 5.32 Å². The van der Waals surface area contributed by atoms with E-state index in [0.717, 1.165) is 6.07 Å². The number of fused-ring (bicyclic) bond motifs is 1. The molecule has 1 unspecified atom stereocenters. The van der Waals surface area contributed by atoms with Gasteiger partial charge in [0.15, 0.2) is 9.84 Å². The smallest absolute Gasteiger partial charge is 0.218 e. The molecule has 2 rings (SSSR count). The molecule has 1 aliphatic rings. The number of nitrogens with two attached hydrogens (primary N) is 1. The maximum absolute atomic E-state index is 13.3. The lowest BCUT2D eigenvalue weighted by molar-refractivity contribution is -0.117. The van der Waals surface area contributed by atoms with E-state index >= 15 is 0 Å². The number of nitrogens with one attached hydrogen (secondary N) is 1. The summed E-state index contributed by atoms with van der Waals surface area (Å²) in [5.41, 5.74) is 5.46. The van der Waals surface area contributed by atoms with Gasteiger partial charge in [-0.3, -0.25) is 4.79 Å². The average molecular weight is 286 g/mol. The van der Waals surface area contributed by atoms with Crippen LogP contribution in [0, 0.1) is 5.82 Å². The van der Waals surface area contributed by atoms with Gasteiger partial charge in [-0.15, -0.1) is 0 Å². The molecular formula is C12H15FN2O3S. The molecular weight excluding hydrogens is 271 g/mol. The third-order valence-electron chi connectivity index (χ3n) is 3.12. The molecule has 3 N–H and O–H groups in total. The van der Waals surface area contributed by atoms with E-state index in [2.05, 4.69) is 5.32 Å². The molecule has 0 saturated carbocycles. The number of sulfone groups is 1. The first-order valence-electron chi connectivity index (χ1n) is 5.94. The Morgan fingerprint density at radius 3 is 2.89 bits per heavy atom. The molecule has 0 radical (unpaired) electrons. The minimum atomic E-state index is -3.33. The Labute approximate surface area is 110 Å². The van der Waals surface area contributed by atoms with Gasteiger partial charge in [-0.1, -0.05) is 0 Å². The summed E-state index contributed by atoms with van der Waals surface area (Å²) in [6.07, 6.45) is 0.519. The monoisotopic (exact) mass is 286 g/mol. The maximum atomic E-state index is 13.3. The molecule has 1 heterocycles. The van der Waals surface area contributed by atoms with Crippen LogP contribution in [-0.4, -0.2) is 26.6 Å². The van der Waals surface area contributed by atoms with Gasteiger partial charge in [0.2, 0.25) is 5.91 Å². The zero-order valence-corrected chi connectivity index (χ0v) is 11.0. The van der Waals surface area contributed by atoms with Crippen molar-refractivity contribution >= 4 is 15.7 Å². The number of amides is 1. The highest BCUT2D eigenvalue weighted by Gasteiger charge is 2.30. The fraction of sp³-hybridized carbons (Fsp3) is 0.417. The van der Waals surface area contributed by atoms with E-state index in [4.69, 9.17) is 5.73 Å². The fourth-order valence-electron chi connectivity index (χ4n) is 2.19. The molecule has 1 aromatic carbocycles. The van der Waals surface area contributed by atoms with Crippen LogP contribution in [0.2, 0.25) is 0 Å². The van der Waals surface area contributed by atoms with Gasteiger partial charge in [0.05, 0.1) is 10.6 Å². The highest BCUT2D eigenvalue weighted by atomic mass is 32.2. The molecule has 7 heteroatoms. The van der Waals surface area contributed by atoms with Gasteiger partial charge in [0.1, 0.15) is 5.82 Å². The van der Waals surface area contributed by atoms with Gasteiger partial charge in [-0.25, -0.2) is 12.8 Å². The zero-order chi connectivity index (χ0) is 14.0. The van der Waals surface area contributed by atoms with Crippen molar-refractivity contribution in [2.24, 2.45) is 5.73 Å². The Morgan fingerprint density at radius 1 is 1.47 bits per heavy atom. The zero-order valence-electron chi connectivity index (χ0n) is 10.2. The standard InChI is InChI=1S/C12H15FN2O3S/c13-8-1-2-11-9(7-8)10(4-6-19(11,17)18)15-5-3-12(14)16/h1-2,7,10,15H,3-6H2,(H2,14,16). The molecule has 0 saturated heterocycles. The Morgan fingerprint density at radius 2 is 2.21 bits per heavy atom. The van der Waals surface area contributed by atoms with Crippen LogP contribution in [0.3, 0.4) is 0 Å². The third kappa shape index (κ3) is 3.10. The van der Waals surface area contributed by atoms with Gasteiger partial charge >= 0.3 is 0 Å². The minimum absolute atomic E-state index is 0.0138.